The van der Waals surface area contributed by atoms with Crippen molar-refractivity contribution >= 4 is 17.3 Å². The van der Waals surface area contributed by atoms with E-state index in [1.807, 2.05) is 0 Å². The second kappa shape index (κ2) is 4.78. The number of aryl methyl sites for hydroxylation is 1. The molecule has 0 saturated heterocycles. The minimum Gasteiger partial charge on any atom is -0.395 e. The van der Waals surface area contributed by atoms with Crippen LogP contribution in [0.5, 0.6) is 0 Å². The highest BCUT2D eigenvalue weighted by Gasteiger charge is 2.16. The van der Waals surface area contributed by atoms with E-state index in [0.29, 0.717) is 5.69 Å². The Hall–Kier alpha value is -2.88. The van der Waals surface area contributed by atoms with Crippen LogP contribution in [0.4, 0.5) is 15.8 Å². The second-order valence-electron chi connectivity index (χ2n) is 3.87. The number of H-pyrrole nitrogens is 1. The second-order valence-corrected chi connectivity index (χ2v) is 3.87. The number of hydrogen-bond acceptors (Lipinski definition) is 4. The SMILES string of the molecule is Cc1[nH]nc(C(=O)Nc2ccc(F)cc2C#N)c1N. The van der Waals surface area contributed by atoms with E-state index in [0.717, 1.165) is 12.1 Å². The van der Waals surface area contributed by atoms with Crippen molar-refractivity contribution in [3.8, 4) is 6.07 Å². The maximum atomic E-state index is 13.0. The van der Waals surface area contributed by atoms with Crippen LogP contribution in [0.15, 0.2) is 18.2 Å². The van der Waals surface area contributed by atoms with Crippen LogP contribution in [0.3, 0.4) is 0 Å². The van der Waals surface area contributed by atoms with Crippen molar-refractivity contribution in [1.29, 1.82) is 5.26 Å². The molecule has 0 fully saturated rings. The van der Waals surface area contributed by atoms with Gasteiger partial charge in [-0.15, -0.1) is 0 Å². The monoisotopic (exact) mass is 259 g/mol. The van der Waals surface area contributed by atoms with Gasteiger partial charge in [-0.3, -0.25) is 9.89 Å². The zero-order chi connectivity index (χ0) is 14.0. The number of carbonyl (C=O) groups excluding carboxylic acids is 1. The predicted octanol–water partition coefficient (Wildman–Crippen LogP) is 1.56. The van der Waals surface area contributed by atoms with E-state index >= 15 is 0 Å². The lowest BCUT2D eigenvalue weighted by Gasteiger charge is -2.05. The molecule has 1 aromatic heterocycles. The molecule has 0 aliphatic carbocycles. The van der Waals surface area contributed by atoms with Crippen LogP contribution in [0.25, 0.3) is 0 Å². The molecule has 0 atom stereocenters. The molecule has 4 N–H and O–H groups in total. The van der Waals surface area contributed by atoms with E-state index in [2.05, 4.69) is 15.5 Å². The highest BCUT2D eigenvalue weighted by molar-refractivity contribution is 6.07. The van der Waals surface area contributed by atoms with Crippen LogP contribution in [0, 0.1) is 24.1 Å². The molecule has 0 saturated carbocycles. The van der Waals surface area contributed by atoms with Gasteiger partial charge < -0.3 is 11.1 Å². The van der Waals surface area contributed by atoms with E-state index in [-0.39, 0.29) is 22.6 Å². The van der Waals surface area contributed by atoms with Gasteiger partial charge in [-0.05, 0) is 25.1 Å². The van der Waals surface area contributed by atoms with Crippen molar-refractivity contribution in [3.05, 3.63) is 41.0 Å². The molecular weight excluding hydrogens is 249 g/mol. The first-order chi connectivity index (χ1) is 9.02. The Morgan fingerprint density at radius 2 is 2.32 bits per heavy atom. The Bertz CT molecular complexity index is 686. The minimum atomic E-state index is -0.565. The number of nitrogens with one attached hydrogen (secondary N) is 2. The van der Waals surface area contributed by atoms with Gasteiger partial charge in [-0.25, -0.2) is 4.39 Å². The topological polar surface area (TPSA) is 108 Å². The van der Waals surface area contributed by atoms with Crippen LogP contribution in [0.2, 0.25) is 0 Å². The fourth-order valence-electron chi connectivity index (χ4n) is 1.51. The van der Waals surface area contributed by atoms with Crippen LogP contribution < -0.4 is 11.1 Å². The van der Waals surface area contributed by atoms with Crippen molar-refractivity contribution < 1.29 is 9.18 Å². The number of rotatable bonds is 2. The third-order valence-electron chi connectivity index (χ3n) is 2.56. The summed E-state index contributed by atoms with van der Waals surface area (Å²) in [5.74, 6) is -1.12. The van der Waals surface area contributed by atoms with Crippen LogP contribution in [-0.4, -0.2) is 16.1 Å². The first kappa shape index (κ1) is 12.6. The first-order valence-electron chi connectivity index (χ1n) is 5.34. The summed E-state index contributed by atoms with van der Waals surface area (Å²) in [5, 5.41) is 17.7. The van der Waals surface area contributed by atoms with Gasteiger partial charge in [0.2, 0.25) is 0 Å². The summed E-state index contributed by atoms with van der Waals surface area (Å²) in [6.07, 6.45) is 0. The van der Waals surface area contributed by atoms with Gasteiger partial charge in [-0.2, -0.15) is 10.4 Å². The molecule has 0 unspecified atom stereocenters. The fraction of sp³-hybridized carbons (Fsp3) is 0.0833. The predicted molar refractivity (Wildman–Crippen MR) is 66.8 cm³/mol. The summed E-state index contributed by atoms with van der Waals surface area (Å²) in [4.78, 5) is 11.9. The molecule has 6 nitrogen and oxygen atoms in total. The van der Waals surface area contributed by atoms with E-state index < -0.39 is 11.7 Å². The number of anilines is 2. The molecule has 0 bridgehead atoms. The molecule has 0 spiro atoms. The third kappa shape index (κ3) is 2.37. The maximum absolute atomic E-state index is 13.0. The van der Waals surface area contributed by atoms with Crippen molar-refractivity contribution in [2.75, 3.05) is 11.1 Å². The number of nitrogens with two attached hydrogens (primary N) is 1. The number of halogens is 1. The number of nitriles is 1. The average molecular weight is 259 g/mol. The molecule has 2 rings (SSSR count). The lowest BCUT2D eigenvalue weighted by atomic mass is 10.2. The Kier molecular flexibility index (Phi) is 3.16. The summed E-state index contributed by atoms with van der Waals surface area (Å²) in [7, 11) is 0. The molecule has 2 aromatic rings. The van der Waals surface area contributed by atoms with Gasteiger partial charge in [0.05, 0.1) is 22.6 Å². The Labute approximate surface area is 108 Å². The zero-order valence-electron chi connectivity index (χ0n) is 9.99. The van der Waals surface area contributed by atoms with Gasteiger partial charge in [0.1, 0.15) is 11.9 Å². The number of nitrogens with zero attached hydrogens (tertiary/aromatic N) is 2. The number of amides is 1. The number of nitrogen functional groups attached to an aromatic ring is 1. The lowest BCUT2D eigenvalue weighted by molar-refractivity contribution is 0.102. The minimum absolute atomic E-state index is 0.0270. The molecule has 1 aromatic carbocycles. The fourth-order valence-corrected chi connectivity index (χ4v) is 1.51. The van der Waals surface area contributed by atoms with E-state index in [1.54, 1.807) is 13.0 Å². The maximum Gasteiger partial charge on any atom is 0.278 e. The van der Waals surface area contributed by atoms with Crippen molar-refractivity contribution in [1.82, 2.24) is 10.2 Å². The van der Waals surface area contributed by atoms with Gasteiger partial charge in [0, 0.05) is 0 Å². The molecule has 96 valence electrons. The van der Waals surface area contributed by atoms with Gasteiger partial charge in [-0.1, -0.05) is 0 Å². The van der Waals surface area contributed by atoms with Gasteiger partial charge in [0.15, 0.2) is 5.69 Å². The molecular formula is C12H10FN5O. The number of aromatic amines is 1. The number of carbonyl (C=O) groups is 1. The molecule has 0 radical (unpaired) electrons. The summed E-state index contributed by atoms with van der Waals surface area (Å²) < 4.78 is 13.0. The highest BCUT2D eigenvalue weighted by atomic mass is 19.1. The van der Waals surface area contributed by atoms with E-state index in [4.69, 9.17) is 11.0 Å². The Morgan fingerprint density at radius 1 is 1.58 bits per heavy atom. The number of hydrogen-bond donors (Lipinski definition) is 3. The van der Waals surface area contributed by atoms with Crippen molar-refractivity contribution in [3.63, 3.8) is 0 Å². The smallest absolute Gasteiger partial charge is 0.278 e. The molecule has 0 aliphatic rings. The molecule has 7 heteroatoms. The summed E-state index contributed by atoms with van der Waals surface area (Å²) in [6.45, 7) is 1.68. The largest absolute Gasteiger partial charge is 0.395 e. The quantitative estimate of drug-likeness (QED) is 0.760. The summed E-state index contributed by atoms with van der Waals surface area (Å²) in [6, 6.07) is 5.29. The molecule has 0 aliphatic heterocycles. The molecule has 1 heterocycles. The Balaban J connectivity index is 2.30. The third-order valence-corrected chi connectivity index (χ3v) is 2.56. The standard InChI is InChI=1S/C12H10FN5O/c1-6-10(15)11(18-17-6)12(19)16-9-3-2-8(13)4-7(9)5-14/h2-4H,15H2,1H3,(H,16,19)(H,17,18). The number of aromatic nitrogens is 2. The highest BCUT2D eigenvalue weighted by Crippen LogP contribution is 2.19. The van der Waals surface area contributed by atoms with Crippen LogP contribution in [-0.2, 0) is 0 Å². The lowest BCUT2D eigenvalue weighted by Crippen LogP contribution is -2.15. The van der Waals surface area contributed by atoms with E-state index in [1.165, 1.54) is 6.07 Å². The first-order valence-corrected chi connectivity index (χ1v) is 5.34. The van der Waals surface area contributed by atoms with Crippen molar-refractivity contribution in [2.45, 2.75) is 6.92 Å². The Morgan fingerprint density at radius 3 is 2.89 bits per heavy atom. The zero-order valence-corrected chi connectivity index (χ0v) is 9.99. The van der Waals surface area contributed by atoms with Gasteiger partial charge >= 0.3 is 0 Å². The van der Waals surface area contributed by atoms with Crippen LogP contribution >= 0.6 is 0 Å². The number of benzene rings is 1. The van der Waals surface area contributed by atoms with Crippen LogP contribution in [0.1, 0.15) is 21.7 Å². The van der Waals surface area contributed by atoms with Crippen molar-refractivity contribution in [2.24, 2.45) is 0 Å². The summed E-state index contributed by atoms with van der Waals surface area (Å²) >= 11 is 0. The van der Waals surface area contributed by atoms with E-state index in [9.17, 15) is 9.18 Å². The summed E-state index contributed by atoms with van der Waals surface area (Å²) in [5.41, 5.74) is 6.74. The molecule has 19 heavy (non-hydrogen) atoms. The normalized spacial score (nSPS) is 9.95. The average Bonchev–Trinajstić information content (AvgIpc) is 2.72. The molecule has 1 amide bonds. The van der Waals surface area contributed by atoms with Gasteiger partial charge in [0.25, 0.3) is 5.91 Å².